The molecule has 0 spiro atoms. The Morgan fingerprint density at radius 1 is 0.867 bits per heavy atom. The standard InChI is InChI=1S/C5HF9O/c6-2(7,4(9,10)11)1-3(8,15-1)5(12,13)14/h1H. The Morgan fingerprint density at radius 2 is 1.27 bits per heavy atom. The highest BCUT2D eigenvalue weighted by Crippen LogP contribution is 2.59. The van der Waals surface area contributed by atoms with Crippen LogP contribution in [0.1, 0.15) is 0 Å². The minimum atomic E-state index is -6.29. The van der Waals surface area contributed by atoms with Crippen molar-refractivity contribution in [1.82, 2.24) is 0 Å². The van der Waals surface area contributed by atoms with Crippen LogP contribution in [0.3, 0.4) is 0 Å². The molecule has 90 valence electrons. The molecule has 0 bridgehead atoms. The van der Waals surface area contributed by atoms with Crippen LogP contribution in [0.5, 0.6) is 0 Å². The van der Waals surface area contributed by atoms with Crippen molar-refractivity contribution in [1.29, 1.82) is 0 Å². The topological polar surface area (TPSA) is 12.5 Å². The second-order valence-electron chi connectivity index (χ2n) is 2.76. The van der Waals surface area contributed by atoms with E-state index in [0.717, 1.165) is 0 Å². The summed E-state index contributed by atoms with van der Waals surface area (Å²) in [5, 5.41) is 0. The monoisotopic (exact) mass is 248 g/mol. The summed E-state index contributed by atoms with van der Waals surface area (Å²) in [5.74, 6) is -10.8. The van der Waals surface area contributed by atoms with Crippen LogP contribution in [0, 0.1) is 0 Å². The molecule has 0 aromatic heterocycles. The highest BCUT2D eigenvalue weighted by molar-refractivity contribution is 5.09. The molecule has 0 aromatic rings. The number of halogens is 9. The molecule has 1 nitrogen and oxygen atoms in total. The van der Waals surface area contributed by atoms with Gasteiger partial charge in [-0.05, 0) is 0 Å². The maximum absolute atomic E-state index is 12.4. The fourth-order valence-electron chi connectivity index (χ4n) is 0.809. The van der Waals surface area contributed by atoms with Gasteiger partial charge in [-0.1, -0.05) is 0 Å². The Hall–Kier alpha value is -0.670. The molecule has 2 atom stereocenters. The third-order valence-corrected chi connectivity index (χ3v) is 1.66. The molecule has 0 aromatic carbocycles. The molecule has 2 unspecified atom stereocenters. The average Bonchev–Trinajstić information content (AvgIpc) is 2.59. The second-order valence-corrected chi connectivity index (χ2v) is 2.76. The van der Waals surface area contributed by atoms with Crippen molar-refractivity contribution < 1.29 is 44.3 Å². The van der Waals surface area contributed by atoms with E-state index in [-0.39, 0.29) is 0 Å². The second kappa shape index (κ2) is 2.71. The van der Waals surface area contributed by atoms with Crippen molar-refractivity contribution in [3.63, 3.8) is 0 Å². The molecular formula is C5HF9O. The van der Waals surface area contributed by atoms with E-state index in [0.29, 0.717) is 0 Å². The molecule has 0 radical (unpaired) electrons. The van der Waals surface area contributed by atoms with Gasteiger partial charge in [0.1, 0.15) is 0 Å². The van der Waals surface area contributed by atoms with Gasteiger partial charge in [-0.3, -0.25) is 0 Å². The number of alkyl halides is 9. The summed E-state index contributed by atoms with van der Waals surface area (Å²) in [4.78, 5) is 0. The third-order valence-electron chi connectivity index (χ3n) is 1.66. The zero-order valence-corrected chi connectivity index (χ0v) is 6.39. The summed E-state index contributed by atoms with van der Waals surface area (Å²) in [6, 6.07) is 0. The zero-order chi connectivity index (χ0) is 12.3. The van der Waals surface area contributed by atoms with Crippen molar-refractivity contribution in [2.24, 2.45) is 0 Å². The molecule has 10 heteroatoms. The number of epoxide rings is 1. The molecular weight excluding hydrogens is 247 g/mol. The van der Waals surface area contributed by atoms with Gasteiger partial charge < -0.3 is 4.74 Å². The minimum Gasteiger partial charge on any atom is -0.320 e. The quantitative estimate of drug-likeness (QED) is 0.513. The van der Waals surface area contributed by atoms with Gasteiger partial charge >= 0.3 is 24.1 Å². The first-order valence-corrected chi connectivity index (χ1v) is 3.22. The summed E-state index contributed by atoms with van der Waals surface area (Å²) < 4.78 is 109. The normalized spacial score (nSPS) is 33.0. The van der Waals surface area contributed by atoms with Crippen LogP contribution in [0.15, 0.2) is 0 Å². The lowest BCUT2D eigenvalue weighted by Gasteiger charge is -2.18. The van der Waals surface area contributed by atoms with Crippen molar-refractivity contribution >= 4 is 0 Å². The van der Waals surface area contributed by atoms with Crippen LogP contribution in [-0.4, -0.2) is 30.2 Å². The Bertz CT molecular complexity index is 265. The SMILES string of the molecule is FC(F)(F)C(F)(F)C1OC1(F)C(F)(F)F. The van der Waals surface area contributed by atoms with E-state index in [1.54, 1.807) is 0 Å². The molecule has 0 aliphatic carbocycles. The lowest BCUT2D eigenvalue weighted by atomic mass is 10.1. The molecule has 1 aliphatic heterocycles. The summed E-state index contributed by atoms with van der Waals surface area (Å²) >= 11 is 0. The zero-order valence-electron chi connectivity index (χ0n) is 6.39. The fraction of sp³-hybridized carbons (Fsp3) is 1.00. The van der Waals surface area contributed by atoms with Gasteiger partial charge in [-0.2, -0.15) is 39.5 Å². The first-order valence-electron chi connectivity index (χ1n) is 3.22. The van der Waals surface area contributed by atoms with Gasteiger partial charge in [0.2, 0.25) is 6.10 Å². The maximum atomic E-state index is 12.4. The van der Waals surface area contributed by atoms with E-state index >= 15 is 0 Å². The van der Waals surface area contributed by atoms with Crippen molar-refractivity contribution in [3.8, 4) is 0 Å². The highest BCUT2D eigenvalue weighted by Gasteiger charge is 2.87. The lowest BCUT2D eigenvalue weighted by Crippen LogP contribution is -2.46. The predicted octanol–water partition coefficient (Wildman–Crippen LogP) is 2.81. The summed E-state index contributed by atoms with van der Waals surface area (Å²) in [6.45, 7) is 0. The van der Waals surface area contributed by atoms with Crippen LogP contribution in [-0.2, 0) is 4.74 Å². The fourth-order valence-corrected chi connectivity index (χ4v) is 0.809. The van der Waals surface area contributed by atoms with E-state index < -0.39 is 30.2 Å². The molecule has 0 amide bonds. The van der Waals surface area contributed by atoms with E-state index in [1.807, 2.05) is 0 Å². The summed E-state index contributed by atoms with van der Waals surface area (Å²) in [7, 11) is 0. The van der Waals surface area contributed by atoms with Crippen molar-refractivity contribution in [2.75, 3.05) is 0 Å². The van der Waals surface area contributed by atoms with Gasteiger partial charge in [0.25, 0.3) is 0 Å². The Labute approximate surface area is 75.8 Å². The van der Waals surface area contributed by atoms with Gasteiger partial charge in [-0.15, -0.1) is 0 Å². The molecule has 1 saturated heterocycles. The Morgan fingerprint density at radius 3 is 1.47 bits per heavy atom. The molecule has 1 aliphatic rings. The van der Waals surface area contributed by atoms with Crippen molar-refractivity contribution in [2.45, 2.75) is 30.2 Å². The van der Waals surface area contributed by atoms with Crippen LogP contribution < -0.4 is 0 Å². The number of hydrogen-bond donors (Lipinski definition) is 0. The van der Waals surface area contributed by atoms with Crippen LogP contribution in [0.4, 0.5) is 39.5 Å². The van der Waals surface area contributed by atoms with Crippen LogP contribution in [0.2, 0.25) is 0 Å². The average molecular weight is 248 g/mol. The van der Waals surface area contributed by atoms with E-state index in [9.17, 15) is 39.5 Å². The minimum absolute atomic E-state index is 2.80. The number of rotatable bonds is 1. The Balaban J connectivity index is 2.90. The molecule has 1 heterocycles. The third kappa shape index (κ3) is 1.64. The molecule has 15 heavy (non-hydrogen) atoms. The first kappa shape index (κ1) is 12.4. The van der Waals surface area contributed by atoms with Crippen molar-refractivity contribution in [3.05, 3.63) is 0 Å². The number of ether oxygens (including phenoxy) is 1. The lowest BCUT2D eigenvalue weighted by molar-refractivity contribution is -0.293. The highest BCUT2D eigenvalue weighted by atomic mass is 19.4. The first-order chi connectivity index (χ1) is 6.34. The van der Waals surface area contributed by atoms with E-state index in [2.05, 4.69) is 4.74 Å². The van der Waals surface area contributed by atoms with E-state index in [1.165, 1.54) is 0 Å². The van der Waals surface area contributed by atoms with Gasteiger partial charge in [-0.25, -0.2) is 0 Å². The molecule has 1 rings (SSSR count). The van der Waals surface area contributed by atoms with Gasteiger partial charge in [0, 0.05) is 0 Å². The number of hydrogen-bond acceptors (Lipinski definition) is 1. The van der Waals surface area contributed by atoms with Crippen LogP contribution >= 0.6 is 0 Å². The molecule has 0 N–H and O–H groups in total. The van der Waals surface area contributed by atoms with E-state index in [4.69, 9.17) is 0 Å². The molecule has 1 fully saturated rings. The predicted molar refractivity (Wildman–Crippen MR) is 25.8 cm³/mol. The maximum Gasteiger partial charge on any atom is 0.456 e. The summed E-state index contributed by atoms with van der Waals surface area (Å²) in [5.41, 5.74) is 0. The summed E-state index contributed by atoms with van der Waals surface area (Å²) in [6.07, 6.45) is -16.1. The Kier molecular flexibility index (Phi) is 2.24. The molecule has 0 saturated carbocycles. The largest absolute Gasteiger partial charge is 0.456 e. The van der Waals surface area contributed by atoms with Crippen LogP contribution in [0.25, 0.3) is 0 Å². The van der Waals surface area contributed by atoms with Gasteiger partial charge in [0.05, 0.1) is 0 Å². The smallest absolute Gasteiger partial charge is 0.320 e. The van der Waals surface area contributed by atoms with Gasteiger partial charge in [0.15, 0.2) is 0 Å².